The van der Waals surface area contributed by atoms with E-state index in [1.807, 2.05) is 27.7 Å². The fraction of sp³-hybridized carbons (Fsp3) is 0.933. The Bertz CT molecular complexity index is 275. The van der Waals surface area contributed by atoms with Crippen molar-refractivity contribution in [3.05, 3.63) is 0 Å². The molecule has 1 saturated carbocycles. The second kappa shape index (κ2) is 5.09. The van der Waals surface area contributed by atoms with Crippen molar-refractivity contribution in [2.45, 2.75) is 72.3 Å². The van der Waals surface area contributed by atoms with Gasteiger partial charge in [-0.1, -0.05) is 40.0 Å². The Morgan fingerprint density at radius 2 is 1.71 bits per heavy atom. The molecule has 0 bridgehead atoms. The van der Waals surface area contributed by atoms with Crippen LogP contribution in [0.15, 0.2) is 0 Å². The molecule has 0 heterocycles. The Kier molecular flexibility index (Phi) is 4.40. The van der Waals surface area contributed by atoms with Gasteiger partial charge in [0.2, 0.25) is 0 Å². The standard InChI is InChI=1S/C15H29NO/c1-6-11-9-7-8-10-12(11)13(17)14(2,3)15(4,5)16/h11-12H,6-10,16H2,1-5H3. The molecule has 17 heavy (non-hydrogen) atoms. The van der Waals surface area contributed by atoms with Crippen molar-refractivity contribution >= 4 is 5.78 Å². The summed E-state index contributed by atoms with van der Waals surface area (Å²) in [5.41, 5.74) is 5.31. The van der Waals surface area contributed by atoms with Crippen molar-refractivity contribution in [2.24, 2.45) is 23.0 Å². The van der Waals surface area contributed by atoms with E-state index in [0.29, 0.717) is 11.7 Å². The average Bonchev–Trinajstić information content (AvgIpc) is 2.26. The Hall–Kier alpha value is -0.370. The highest BCUT2D eigenvalue weighted by Gasteiger charge is 2.45. The molecule has 0 radical (unpaired) electrons. The van der Waals surface area contributed by atoms with Crippen molar-refractivity contribution in [3.8, 4) is 0 Å². The fourth-order valence-corrected chi connectivity index (χ4v) is 2.82. The van der Waals surface area contributed by atoms with E-state index in [-0.39, 0.29) is 5.92 Å². The molecule has 1 aliphatic rings. The number of hydrogen-bond acceptors (Lipinski definition) is 2. The first-order valence-electron chi connectivity index (χ1n) is 7.05. The minimum atomic E-state index is -0.445. The van der Waals surface area contributed by atoms with Gasteiger partial charge in [-0.15, -0.1) is 0 Å². The molecule has 0 aromatic heterocycles. The smallest absolute Gasteiger partial charge is 0.143 e. The topological polar surface area (TPSA) is 43.1 Å². The molecular formula is C15H29NO. The lowest BCUT2D eigenvalue weighted by molar-refractivity contribution is -0.137. The van der Waals surface area contributed by atoms with Crippen molar-refractivity contribution < 1.29 is 4.79 Å². The minimum Gasteiger partial charge on any atom is -0.325 e. The number of rotatable bonds is 4. The van der Waals surface area contributed by atoms with Gasteiger partial charge in [-0.05, 0) is 32.6 Å². The third-order valence-corrected chi connectivity index (χ3v) is 5.00. The number of carbonyl (C=O) groups is 1. The summed E-state index contributed by atoms with van der Waals surface area (Å²) >= 11 is 0. The molecule has 2 heteroatoms. The van der Waals surface area contributed by atoms with Crippen LogP contribution in [-0.4, -0.2) is 11.3 Å². The van der Waals surface area contributed by atoms with Gasteiger partial charge in [-0.2, -0.15) is 0 Å². The number of ketones is 1. The van der Waals surface area contributed by atoms with Gasteiger partial charge in [0, 0.05) is 16.9 Å². The molecule has 2 nitrogen and oxygen atoms in total. The quantitative estimate of drug-likeness (QED) is 0.815. The van der Waals surface area contributed by atoms with Crippen LogP contribution < -0.4 is 5.73 Å². The Balaban J connectivity index is 2.87. The van der Waals surface area contributed by atoms with E-state index in [2.05, 4.69) is 6.92 Å². The van der Waals surface area contributed by atoms with Crippen molar-refractivity contribution in [1.29, 1.82) is 0 Å². The second-order valence-corrected chi connectivity index (χ2v) is 6.77. The highest BCUT2D eigenvalue weighted by atomic mass is 16.1. The van der Waals surface area contributed by atoms with E-state index in [1.165, 1.54) is 19.3 Å². The van der Waals surface area contributed by atoms with Gasteiger partial charge in [0.25, 0.3) is 0 Å². The normalized spacial score (nSPS) is 26.9. The van der Waals surface area contributed by atoms with Crippen LogP contribution in [-0.2, 0) is 4.79 Å². The molecule has 0 aliphatic heterocycles. The van der Waals surface area contributed by atoms with Crippen molar-refractivity contribution in [2.75, 3.05) is 0 Å². The maximum atomic E-state index is 12.8. The molecule has 2 atom stereocenters. The summed E-state index contributed by atoms with van der Waals surface area (Å²) in [7, 11) is 0. The summed E-state index contributed by atoms with van der Waals surface area (Å²) in [4.78, 5) is 12.8. The second-order valence-electron chi connectivity index (χ2n) is 6.77. The zero-order valence-corrected chi connectivity index (χ0v) is 12.2. The van der Waals surface area contributed by atoms with Crippen molar-refractivity contribution in [1.82, 2.24) is 0 Å². The lowest BCUT2D eigenvalue weighted by Gasteiger charge is -2.42. The summed E-state index contributed by atoms with van der Waals surface area (Å²) in [5, 5.41) is 0. The van der Waals surface area contributed by atoms with Gasteiger partial charge >= 0.3 is 0 Å². The zero-order valence-electron chi connectivity index (χ0n) is 12.2. The van der Waals surface area contributed by atoms with E-state index in [4.69, 9.17) is 5.73 Å². The van der Waals surface area contributed by atoms with Crippen LogP contribution in [0.1, 0.15) is 66.7 Å². The van der Waals surface area contributed by atoms with Gasteiger partial charge in [0.1, 0.15) is 5.78 Å². The van der Waals surface area contributed by atoms with Crippen LogP contribution in [0, 0.1) is 17.3 Å². The lowest BCUT2D eigenvalue weighted by Crippen LogP contribution is -2.54. The number of Topliss-reactive ketones (excluding diaryl/α,β-unsaturated/α-hetero) is 1. The first kappa shape index (κ1) is 14.7. The molecular weight excluding hydrogens is 210 g/mol. The predicted molar refractivity (Wildman–Crippen MR) is 72.8 cm³/mol. The first-order chi connectivity index (χ1) is 7.71. The van der Waals surface area contributed by atoms with Gasteiger partial charge in [0.05, 0.1) is 0 Å². The largest absolute Gasteiger partial charge is 0.325 e. The lowest BCUT2D eigenvalue weighted by atomic mass is 9.63. The van der Waals surface area contributed by atoms with E-state index < -0.39 is 11.0 Å². The monoisotopic (exact) mass is 239 g/mol. The van der Waals surface area contributed by atoms with Gasteiger partial charge in [-0.3, -0.25) is 4.79 Å². The van der Waals surface area contributed by atoms with E-state index >= 15 is 0 Å². The Labute approximate surface area is 106 Å². The minimum absolute atomic E-state index is 0.242. The molecule has 1 aliphatic carbocycles. The fourth-order valence-electron chi connectivity index (χ4n) is 2.82. The molecule has 100 valence electrons. The van der Waals surface area contributed by atoms with Crippen LogP contribution in [0.5, 0.6) is 0 Å². The summed E-state index contributed by atoms with van der Waals surface area (Å²) in [6.07, 6.45) is 5.89. The molecule has 0 aromatic carbocycles. The summed E-state index contributed by atoms with van der Waals surface area (Å²) in [6, 6.07) is 0. The van der Waals surface area contributed by atoms with E-state index in [0.717, 1.165) is 12.8 Å². The Morgan fingerprint density at radius 3 is 2.18 bits per heavy atom. The maximum absolute atomic E-state index is 12.8. The number of hydrogen-bond donors (Lipinski definition) is 1. The third kappa shape index (κ3) is 2.90. The third-order valence-electron chi connectivity index (χ3n) is 5.00. The van der Waals surface area contributed by atoms with Crippen LogP contribution in [0.3, 0.4) is 0 Å². The summed E-state index contributed by atoms with van der Waals surface area (Å²) in [6.45, 7) is 10.2. The average molecular weight is 239 g/mol. The van der Waals surface area contributed by atoms with E-state index in [1.54, 1.807) is 0 Å². The summed E-state index contributed by atoms with van der Waals surface area (Å²) < 4.78 is 0. The van der Waals surface area contributed by atoms with Gasteiger partial charge < -0.3 is 5.73 Å². The number of nitrogens with two attached hydrogens (primary N) is 1. The molecule has 2 N–H and O–H groups in total. The molecule has 0 spiro atoms. The van der Waals surface area contributed by atoms with Crippen LogP contribution >= 0.6 is 0 Å². The van der Waals surface area contributed by atoms with Crippen molar-refractivity contribution in [3.63, 3.8) is 0 Å². The van der Waals surface area contributed by atoms with Gasteiger partial charge in [0.15, 0.2) is 0 Å². The van der Waals surface area contributed by atoms with Crippen LogP contribution in [0.4, 0.5) is 0 Å². The van der Waals surface area contributed by atoms with Crippen LogP contribution in [0.25, 0.3) is 0 Å². The molecule has 2 unspecified atom stereocenters. The summed E-state index contributed by atoms with van der Waals surface area (Å²) in [5.74, 6) is 1.21. The number of carbonyl (C=O) groups excluding carboxylic acids is 1. The van der Waals surface area contributed by atoms with E-state index in [9.17, 15) is 4.79 Å². The van der Waals surface area contributed by atoms with Gasteiger partial charge in [-0.25, -0.2) is 0 Å². The zero-order chi connectivity index (χ0) is 13.3. The maximum Gasteiger partial charge on any atom is 0.143 e. The van der Waals surface area contributed by atoms with Crippen LogP contribution in [0.2, 0.25) is 0 Å². The first-order valence-corrected chi connectivity index (χ1v) is 7.05. The highest BCUT2D eigenvalue weighted by Crippen LogP contribution is 2.40. The highest BCUT2D eigenvalue weighted by molar-refractivity contribution is 5.88. The molecule has 0 amide bonds. The Morgan fingerprint density at radius 1 is 1.18 bits per heavy atom. The molecule has 0 saturated heterocycles. The molecule has 1 fully saturated rings. The molecule has 1 rings (SSSR count). The molecule has 0 aromatic rings. The predicted octanol–water partition coefficient (Wildman–Crippen LogP) is 3.54. The SMILES string of the molecule is CCC1CCCCC1C(=O)C(C)(C)C(C)(C)N.